The number of carbonyl (C=O) groups is 3. The van der Waals surface area contributed by atoms with Crippen LogP contribution in [0.25, 0.3) is 0 Å². The third-order valence-corrected chi connectivity index (χ3v) is 2.76. The molecule has 1 saturated heterocycles. The van der Waals surface area contributed by atoms with E-state index in [1.54, 1.807) is 13.8 Å². The number of hydrogen-bond acceptors (Lipinski definition) is 3. The van der Waals surface area contributed by atoms with E-state index in [-0.39, 0.29) is 18.4 Å². The molecule has 1 atom stereocenters. The minimum atomic E-state index is -1.07. The van der Waals surface area contributed by atoms with Crippen LogP contribution in [0.4, 0.5) is 4.79 Å². The molecule has 3 N–H and O–H groups in total. The number of rotatable bonds is 3. The van der Waals surface area contributed by atoms with Crippen molar-refractivity contribution in [3.63, 3.8) is 0 Å². The van der Waals surface area contributed by atoms with Gasteiger partial charge in [-0.15, -0.1) is 0 Å². The monoisotopic (exact) mass is 257 g/mol. The number of hydrogen-bond donors (Lipinski definition) is 3. The van der Waals surface area contributed by atoms with Crippen LogP contribution in [0.5, 0.6) is 0 Å². The van der Waals surface area contributed by atoms with Crippen molar-refractivity contribution in [3.05, 3.63) is 0 Å². The molecule has 102 valence electrons. The van der Waals surface area contributed by atoms with Crippen LogP contribution in [0.15, 0.2) is 0 Å². The first-order chi connectivity index (χ1) is 8.41. The van der Waals surface area contributed by atoms with Gasteiger partial charge in [0.05, 0.1) is 0 Å². The molecule has 7 nitrogen and oxygen atoms in total. The second-order valence-corrected chi connectivity index (χ2v) is 4.63. The maximum absolute atomic E-state index is 11.9. The van der Waals surface area contributed by atoms with Crippen LogP contribution in [-0.2, 0) is 9.59 Å². The fourth-order valence-electron chi connectivity index (χ4n) is 1.72. The van der Waals surface area contributed by atoms with Gasteiger partial charge < -0.3 is 20.6 Å². The van der Waals surface area contributed by atoms with Gasteiger partial charge in [0.15, 0.2) is 0 Å². The molecular weight excluding hydrogens is 238 g/mol. The molecule has 0 aliphatic carbocycles. The Bertz CT molecular complexity index is 343. The van der Waals surface area contributed by atoms with Gasteiger partial charge in [-0.05, 0) is 12.3 Å². The summed E-state index contributed by atoms with van der Waals surface area (Å²) in [7, 11) is 0. The average Bonchev–Trinajstić information content (AvgIpc) is 2.49. The van der Waals surface area contributed by atoms with E-state index in [1.165, 1.54) is 4.90 Å². The Morgan fingerprint density at radius 2 is 2.11 bits per heavy atom. The molecule has 0 saturated carbocycles. The van der Waals surface area contributed by atoms with Crippen molar-refractivity contribution in [1.29, 1.82) is 0 Å². The first-order valence-electron chi connectivity index (χ1n) is 5.96. The third-order valence-electron chi connectivity index (χ3n) is 2.76. The van der Waals surface area contributed by atoms with Crippen LogP contribution in [-0.4, -0.2) is 53.6 Å². The van der Waals surface area contributed by atoms with Gasteiger partial charge in [0.25, 0.3) is 0 Å². The van der Waals surface area contributed by atoms with Crippen molar-refractivity contribution in [2.75, 3.05) is 19.6 Å². The standard InChI is InChI=1S/C11H19N3O4/c1-7(2)9(10(16)17)13-11(18)14-5-3-4-12-8(15)6-14/h7,9H,3-6H2,1-2H3,(H,12,15)(H,13,18)(H,16,17)/t9-/m1/s1. The Labute approximate surface area is 106 Å². The Balaban J connectivity index is 2.62. The SMILES string of the molecule is CC(C)[C@@H](NC(=O)N1CCCNC(=O)C1)C(=O)O. The minimum absolute atomic E-state index is 0.0315. The van der Waals surface area contributed by atoms with Gasteiger partial charge in [-0.3, -0.25) is 4.79 Å². The number of nitrogens with one attached hydrogen (secondary N) is 2. The molecule has 1 rings (SSSR count). The summed E-state index contributed by atoms with van der Waals surface area (Å²) >= 11 is 0. The van der Waals surface area contributed by atoms with Gasteiger partial charge >= 0.3 is 12.0 Å². The highest BCUT2D eigenvalue weighted by Crippen LogP contribution is 2.04. The molecule has 18 heavy (non-hydrogen) atoms. The van der Waals surface area contributed by atoms with E-state index < -0.39 is 18.0 Å². The Morgan fingerprint density at radius 1 is 1.44 bits per heavy atom. The van der Waals surface area contributed by atoms with E-state index in [0.717, 1.165) is 0 Å². The van der Waals surface area contributed by atoms with Crippen molar-refractivity contribution in [2.24, 2.45) is 5.92 Å². The summed E-state index contributed by atoms with van der Waals surface area (Å²) in [5.41, 5.74) is 0. The molecule has 0 aromatic carbocycles. The minimum Gasteiger partial charge on any atom is -0.480 e. The lowest BCUT2D eigenvalue weighted by Gasteiger charge is -2.24. The molecule has 1 aliphatic rings. The summed E-state index contributed by atoms with van der Waals surface area (Å²) in [4.78, 5) is 35.5. The fourth-order valence-corrected chi connectivity index (χ4v) is 1.72. The van der Waals surface area contributed by atoms with Crippen LogP contribution < -0.4 is 10.6 Å². The Morgan fingerprint density at radius 3 is 2.67 bits per heavy atom. The van der Waals surface area contributed by atoms with Gasteiger partial charge in [0.1, 0.15) is 12.6 Å². The van der Waals surface area contributed by atoms with Gasteiger partial charge in [-0.1, -0.05) is 13.8 Å². The van der Waals surface area contributed by atoms with Gasteiger partial charge in [-0.2, -0.15) is 0 Å². The highest BCUT2D eigenvalue weighted by atomic mass is 16.4. The number of carboxylic acid groups (broad SMARTS) is 1. The summed E-state index contributed by atoms with van der Waals surface area (Å²) in [6, 6.07) is -1.45. The molecule has 0 unspecified atom stereocenters. The Kier molecular flexibility index (Phi) is 4.94. The second kappa shape index (κ2) is 6.23. The topological polar surface area (TPSA) is 98.7 Å². The molecular formula is C11H19N3O4. The zero-order chi connectivity index (χ0) is 13.7. The number of carboxylic acids is 1. The van der Waals surface area contributed by atoms with Crippen molar-refractivity contribution in [1.82, 2.24) is 15.5 Å². The molecule has 0 bridgehead atoms. The number of aliphatic carboxylic acids is 1. The lowest BCUT2D eigenvalue weighted by molar-refractivity contribution is -0.140. The van der Waals surface area contributed by atoms with Gasteiger partial charge in [0, 0.05) is 13.1 Å². The molecule has 1 aliphatic heterocycles. The number of carbonyl (C=O) groups excluding carboxylic acids is 2. The maximum Gasteiger partial charge on any atom is 0.326 e. The predicted octanol–water partition coefficient (Wildman–Crippen LogP) is -0.373. The average molecular weight is 257 g/mol. The van der Waals surface area contributed by atoms with Crippen molar-refractivity contribution < 1.29 is 19.5 Å². The van der Waals surface area contributed by atoms with Crippen LogP contribution in [0.3, 0.4) is 0 Å². The lowest BCUT2D eigenvalue weighted by atomic mass is 10.1. The Hall–Kier alpha value is -1.79. The van der Waals surface area contributed by atoms with Crippen LogP contribution in [0.2, 0.25) is 0 Å². The van der Waals surface area contributed by atoms with Crippen molar-refractivity contribution in [2.45, 2.75) is 26.3 Å². The molecule has 7 heteroatoms. The maximum atomic E-state index is 11.9. The molecule has 0 radical (unpaired) electrons. The third kappa shape index (κ3) is 3.90. The number of amides is 3. The van der Waals surface area contributed by atoms with Gasteiger partial charge in [0.2, 0.25) is 5.91 Å². The zero-order valence-electron chi connectivity index (χ0n) is 10.6. The zero-order valence-corrected chi connectivity index (χ0v) is 10.6. The van der Waals surface area contributed by atoms with Crippen molar-refractivity contribution in [3.8, 4) is 0 Å². The summed E-state index contributed by atoms with van der Waals surface area (Å²) in [5, 5.41) is 14.1. The van der Waals surface area contributed by atoms with E-state index in [0.29, 0.717) is 19.5 Å². The first-order valence-corrected chi connectivity index (χ1v) is 5.96. The van der Waals surface area contributed by atoms with E-state index in [2.05, 4.69) is 10.6 Å². The largest absolute Gasteiger partial charge is 0.480 e. The smallest absolute Gasteiger partial charge is 0.326 e. The van der Waals surface area contributed by atoms with Crippen LogP contribution in [0, 0.1) is 5.92 Å². The normalized spacial score (nSPS) is 17.9. The number of nitrogens with zero attached hydrogens (tertiary/aromatic N) is 1. The lowest BCUT2D eigenvalue weighted by Crippen LogP contribution is -2.51. The van der Waals surface area contributed by atoms with E-state index in [9.17, 15) is 14.4 Å². The van der Waals surface area contributed by atoms with E-state index in [4.69, 9.17) is 5.11 Å². The highest BCUT2D eigenvalue weighted by Gasteiger charge is 2.27. The summed E-state index contributed by atoms with van der Waals surface area (Å²) in [6.45, 7) is 4.38. The molecule has 3 amide bonds. The predicted molar refractivity (Wildman–Crippen MR) is 64.0 cm³/mol. The summed E-state index contributed by atoms with van der Waals surface area (Å²) < 4.78 is 0. The van der Waals surface area contributed by atoms with Crippen LogP contribution >= 0.6 is 0 Å². The highest BCUT2D eigenvalue weighted by molar-refractivity contribution is 5.87. The summed E-state index contributed by atoms with van der Waals surface area (Å²) in [5.74, 6) is -1.51. The number of urea groups is 1. The van der Waals surface area contributed by atoms with E-state index in [1.807, 2.05) is 0 Å². The molecule has 1 fully saturated rings. The molecule has 0 aromatic rings. The van der Waals surface area contributed by atoms with E-state index >= 15 is 0 Å². The first kappa shape index (κ1) is 14.3. The van der Waals surface area contributed by atoms with Gasteiger partial charge in [-0.25, -0.2) is 9.59 Å². The molecule has 1 heterocycles. The quantitative estimate of drug-likeness (QED) is 0.642. The molecule has 0 spiro atoms. The van der Waals surface area contributed by atoms with Crippen molar-refractivity contribution >= 4 is 17.9 Å². The second-order valence-electron chi connectivity index (χ2n) is 4.63. The molecule has 0 aromatic heterocycles. The summed E-state index contributed by atoms with van der Waals surface area (Å²) in [6.07, 6.45) is 0.665. The van der Waals surface area contributed by atoms with Crippen LogP contribution in [0.1, 0.15) is 20.3 Å². The fraction of sp³-hybridized carbons (Fsp3) is 0.727.